The monoisotopic (exact) mass is 281 g/mol. The topological polar surface area (TPSA) is 44.5 Å². The Morgan fingerprint density at radius 1 is 1.10 bits per heavy atom. The van der Waals surface area contributed by atoms with Crippen LogP contribution in [0.3, 0.4) is 0 Å². The van der Waals surface area contributed by atoms with Crippen LogP contribution in [0, 0.1) is 17.8 Å². The first-order valence-corrected chi connectivity index (χ1v) is 8.57. The van der Waals surface area contributed by atoms with Gasteiger partial charge in [0.2, 0.25) is 0 Å². The number of hydrogen-bond donors (Lipinski definition) is 1. The van der Waals surface area contributed by atoms with E-state index >= 15 is 0 Å². The zero-order valence-electron chi connectivity index (χ0n) is 13.3. The van der Waals surface area contributed by atoms with Crippen LogP contribution >= 0.6 is 0 Å². The predicted molar refractivity (Wildman–Crippen MR) is 80.5 cm³/mol. The molecule has 0 amide bonds. The van der Waals surface area contributed by atoms with E-state index in [1.807, 2.05) is 0 Å². The minimum atomic E-state index is 0.179. The van der Waals surface area contributed by atoms with Gasteiger partial charge in [-0.1, -0.05) is 19.8 Å². The Balaban J connectivity index is 1.69. The van der Waals surface area contributed by atoms with E-state index in [1.165, 1.54) is 32.1 Å². The van der Waals surface area contributed by atoms with Crippen molar-refractivity contribution < 1.29 is 9.47 Å². The summed E-state index contributed by atoms with van der Waals surface area (Å²) in [5.74, 6) is 1.69. The van der Waals surface area contributed by atoms with Crippen LogP contribution in [0.25, 0.3) is 0 Å². The SMILES string of the molecule is CC1OC(C)C(C(N)C2CCOC3(CCCC3)C2)C1C. The quantitative estimate of drug-likeness (QED) is 0.846. The molecule has 0 radical (unpaired) electrons. The molecule has 0 bridgehead atoms. The molecule has 0 aromatic carbocycles. The summed E-state index contributed by atoms with van der Waals surface area (Å²) in [4.78, 5) is 0. The highest BCUT2D eigenvalue weighted by atomic mass is 16.5. The first kappa shape index (κ1) is 14.8. The Bertz CT molecular complexity index is 340. The predicted octanol–water partition coefficient (Wildman–Crippen LogP) is 3.11. The molecule has 2 saturated heterocycles. The maximum Gasteiger partial charge on any atom is 0.0685 e. The second kappa shape index (κ2) is 5.58. The van der Waals surface area contributed by atoms with Gasteiger partial charge >= 0.3 is 0 Å². The molecule has 0 aromatic heterocycles. The minimum absolute atomic E-state index is 0.179. The van der Waals surface area contributed by atoms with Gasteiger partial charge in [-0.3, -0.25) is 0 Å². The third kappa shape index (κ3) is 2.53. The molecule has 3 aliphatic rings. The number of hydrogen-bond acceptors (Lipinski definition) is 3. The van der Waals surface area contributed by atoms with Gasteiger partial charge in [-0.05, 0) is 51.4 Å². The van der Waals surface area contributed by atoms with Gasteiger partial charge in [-0.2, -0.15) is 0 Å². The van der Waals surface area contributed by atoms with Crippen LogP contribution in [0.1, 0.15) is 59.3 Å². The standard InChI is InChI=1S/C17H31NO2/c1-11-12(2)20-13(3)15(11)16(18)14-6-9-19-17(10-14)7-4-5-8-17/h11-16H,4-10,18H2,1-3H3. The molecule has 1 spiro atoms. The van der Waals surface area contributed by atoms with Crippen molar-refractivity contribution in [3.63, 3.8) is 0 Å². The molecular weight excluding hydrogens is 250 g/mol. The van der Waals surface area contributed by atoms with Crippen LogP contribution in [-0.2, 0) is 9.47 Å². The fourth-order valence-electron chi connectivity index (χ4n) is 5.03. The van der Waals surface area contributed by atoms with Crippen LogP contribution in [0.15, 0.2) is 0 Å². The summed E-state index contributed by atoms with van der Waals surface area (Å²) < 4.78 is 12.2. The molecular formula is C17H31NO2. The summed E-state index contributed by atoms with van der Waals surface area (Å²) >= 11 is 0. The third-order valence-corrected chi connectivity index (χ3v) is 6.35. The Morgan fingerprint density at radius 2 is 1.80 bits per heavy atom. The first-order valence-electron chi connectivity index (χ1n) is 8.57. The number of nitrogens with two attached hydrogens (primary N) is 1. The largest absolute Gasteiger partial charge is 0.375 e. The number of ether oxygens (including phenoxy) is 2. The molecule has 6 atom stereocenters. The summed E-state index contributed by atoms with van der Waals surface area (Å²) in [5.41, 5.74) is 6.89. The van der Waals surface area contributed by atoms with Crippen LogP contribution in [0.2, 0.25) is 0 Å². The average molecular weight is 281 g/mol. The second-order valence-corrected chi connectivity index (χ2v) is 7.55. The van der Waals surface area contributed by atoms with Crippen LogP contribution < -0.4 is 5.73 Å². The Labute approximate surface area is 123 Å². The zero-order chi connectivity index (χ0) is 14.3. The number of rotatable bonds is 2. The van der Waals surface area contributed by atoms with Crippen LogP contribution in [-0.4, -0.2) is 30.5 Å². The molecule has 3 nitrogen and oxygen atoms in total. The molecule has 1 saturated carbocycles. The maximum absolute atomic E-state index is 6.71. The van der Waals surface area contributed by atoms with Crippen molar-refractivity contribution in [2.75, 3.05) is 6.61 Å². The highest BCUT2D eigenvalue weighted by Crippen LogP contribution is 2.45. The van der Waals surface area contributed by atoms with Crippen molar-refractivity contribution in [1.82, 2.24) is 0 Å². The second-order valence-electron chi connectivity index (χ2n) is 7.55. The van der Waals surface area contributed by atoms with Crippen molar-refractivity contribution in [2.45, 2.75) is 83.1 Å². The molecule has 2 heterocycles. The van der Waals surface area contributed by atoms with Gasteiger partial charge in [0.15, 0.2) is 0 Å². The Kier molecular flexibility index (Phi) is 4.13. The highest BCUT2D eigenvalue weighted by molar-refractivity contribution is 4.98. The van der Waals surface area contributed by atoms with Gasteiger partial charge in [0.25, 0.3) is 0 Å². The van der Waals surface area contributed by atoms with Crippen LogP contribution in [0.5, 0.6) is 0 Å². The lowest BCUT2D eigenvalue weighted by Gasteiger charge is -2.42. The van der Waals surface area contributed by atoms with Gasteiger partial charge in [0.1, 0.15) is 0 Å². The smallest absolute Gasteiger partial charge is 0.0685 e. The molecule has 6 unspecified atom stereocenters. The van der Waals surface area contributed by atoms with Crippen molar-refractivity contribution in [1.29, 1.82) is 0 Å². The van der Waals surface area contributed by atoms with Crippen LogP contribution in [0.4, 0.5) is 0 Å². The summed E-state index contributed by atoms with van der Waals surface area (Å²) in [5, 5.41) is 0. The Hall–Kier alpha value is -0.120. The van der Waals surface area contributed by atoms with E-state index < -0.39 is 0 Å². The molecule has 20 heavy (non-hydrogen) atoms. The van der Waals surface area contributed by atoms with Crippen molar-refractivity contribution in [3.8, 4) is 0 Å². The minimum Gasteiger partial charge on any atom is -0.375 e. The lowest BCUT2D eigenvalue weighted by atomic mass is 9.72. The summed E-state index contributed by atoms with van der Waals surface area (Å²) in [6, 6.07) is 0.270. The van der Waals surface area contributed by atoms with Gasteiger partial charge in [-0.15, -0.1) is 0 Å². The van der Waals surface area contributed by atoms with Crippen molar-refractivity contribution in [2.24, 2.45) is 23.5 Å². The molecule has 3 fully saturated rings. The van der Waals surface area contributed by atoms with Gasteiger partial charge in [-0.25, -0.2) is 0 Å². The molecule has 3 rings (SSSR count). The third-order valence-electron chi connectivity index (χ3n) is 6.35. The molecule has 0 aromatic rings. The maximum atomic E-state index is 6.71. The molecule has 116 valence electrons. The molecule has 3 heteroatoms. The highest BCUT2D eigenvalue weighted by Gasteiger charge is 2.47. The lowest BCUT2D eigenvalue weighted by Crippen LogP contribution is -2.49. The normalized spacial score (nSPS) is 45.9. The van der Waals surface area contributed by atoms with E-state index in [9.17, 15) is 0 Å². The van der Waals surface area contributed by atoms with Gasteiger partial charge in [0, 0.05) is 18.6 Å². The fraction of sp³-hybridized carbons (Fsp3) is 1.00. The van der Waals surface area contributed by atoms with E-state index in [0.29, 0.717) is 30.0 Å². The lowest BCUT2D eigenvalue weighted by molar-refractivity contribution is -0.100. The van der Waals surface area contributed by atoms with E-state index in [-0.39, 0.29) is 11.6 Å². The molecule has 2 aliphatic heterocycles. The van der Waals surface area contributed by atoms with E-state index in [1.54, 1.807) is 0 Å². The Morgan fingerprint density at radius 3 is 2.40 bits per heavy atom. The van der Waals surface area contributed by atoms with Crippen molar-refractivity contribution >= 4 is 0 Å². The fourth-order valence-corrected chi connectivity index (χ4v) is 5.03. The van der Waals surface area contributed by atoms with Gasteiger partial charge in [0.05, 0.1) is 17.8 Å². The van der Waals surface area contributed by atoms with Crippen molar-refractivity contribution in [3.05, 3.63) is 0 Å². The average Bonchev–Trinajstić information content (AvgIpc) is 2.95. The summed E-state index contributed by atoms with van der Waals surface area (Å²) in [6.45, 7) is 7.61. The molecule has 1 aliphatic carbocycles. The molecule has 2 N–H and O–H groups in total. The first-order chi connectivity index (χ1) is 9.52. The summed E-state index contributed by atoms with van der Waals surface area (Å²) in [7, 11) is 0. The van der Waals surface area contributed by atoms with Gasteiger partial charge < -0.3 is 15.2 Å². The van der Waals surface area contributed by atoms with E-state index in [4.69, 9.17) is 15.2 Å². The van der Waals surface area contributed by atoms with E-state index in [0.717, 1.165) is 13.0 Å². The van der Waals surface area contributed by atoms with E-state index in [2.05, 4.69) is 20.8 Å². The zero-order valence-corrected chi connectivity index (χ0v) is 13.3. The summed E-state index contributed by atoms with van der Waals surface area (Å²) in [6.07, 6.45) is 8.12.